The molecule has 1 aromatic carbocycles. The number of nitrogens with one attached hydrogen (secondary N) is 3. The van der Waals surface area contributed by atoms with E-state index in [4.69, 9.17) is 47.0 Å². The van der Waals surface area contributed by atoms with Crippen molar-refractivity contribution in [3.05, 3.63) is 39.9 Å². The first-order chi connectivity index (χ1) is 10.7. The Bertz CT molecular complexity index is 642. The topological polar surface area (TPSA) is 53.2 Å². The van der Waals surface area contributed by atoms with E-state index in [9.17, 15) is 4.79 Å². The lowest BCUT2D eigenvalue weighted by Crippen LogP contribution is -2.45. The lowest BCUT2D eigenvalue weighted by molar-refractivity contribution is -0.123. The summed E-state index contributed by atoms with van der Waals surface area (Å²) in [7, 11) is 0. The van der Waals surface area contributed by atoms with Crippen molar-refractivity contribution in [3.63, 3.8) is 0 Å². The van der Waals surface area contributed by atoms with Gasteiger partial charge in [-0.15, -0.1) is 0 Å². The van der Waals surface area contributed by atoms with Gasteiger partial charge in [-0.05, 0) is 53.9 Å². The first-order valence-electron chi connectivity index (χ1n) is 6.87. The van der Waals surface area contributed by atoms with Crippen LogP contribution in [0.15, 0.2) is 34.8 Å². The van der Waals surface area contributed by atoms with Gasteiger partial charge in [-0.25, -0.2) is 0 Å². The van der Waals surface area contributed by atoms with E-state index in [0.29, 0.717) is 5.02 Å². The molecule has 124 valence electrons. The maximum Gasteiger partial charge on any atom is 0.242 e. The Morgan fingerprint density at radius 3 is 2.39 bits per heavy atom. The van der Waals surface area contributed by atoms with E-state index in [2.05, 4.69) is 16.2 Å². The maximum absolute atomic E-state index is 12.2. The second-order valence-electron chi connectivity index (χ2n) is 5.86. The molecule has 0 heterocycles. The Morgan fingerprint density at radius 1 is 1.22 bits per heavy atom. The number of thiocarbonyl (C=S) groups is 1. The Hall–Kier alpha value is -1.01. The van der Waals surface area contributed by atoms with Crippen molar-refractivity contribution in [1.29, 1.82) is 0 Å². The number of rotatable bonds is 3. The van der Waals surface area contributed by atoms with Gasteiger partial charge in [0.05, 0.1) is 5.92 Å². The van der Waals surface area contributed by atoms with Gasteiger partial charge in [-0.1, -0.05) is 48.7 Å². The first-order valence-corrected chi connectivity index (χ1v) is 8.41. The molecule has 1 fully saturated rings. The molecule has 0 bridgehead atoms. The number of hydrogen-bond donors (Lipinski definition) is 3. The van der Waals surface area contributed by atoms with E-state index >= 15 is 0 Å². The van der Waals surface area contributed by atoms with Crippen molar-refractivity contribution in [2.45, 2.75) is 13.8 Å². The second kappa shape index (κ2) is 7.26. The lowest BCUT2D eigenvalue weighted by Gasteiger charge is -2.12. The molecule has 0 aromatic heterocycles. The van der Waals surface area contributed by atoms with Crippen LogP contribution in [0.25, 0.3) is 0 Å². The van der Waals surface area contributed by atoms with Gasteiger partial charge in [-0.3, -0.25) is 15.6 Å². The highest BCUT2D eigenvalue weighted by Crippen LogP contribution is 2.59. The number of hydrogen-bond acceptors (Lipinski definition) is 2. The summed E-state index contributed by atoms with van der Waals surface area (Å²) >= 11 is 22.3. The van der Waals surface area contributed by atoms with Crippen molar-refractivity contribution in [2.75, 3.05) is 5.32 Å². The second-order valence-corrected chi connectivity index (χ2v) is 7.71. The van der Waals surface area contributed by atoms with Crippen LogP contribution in [0.1, 0.15) is 13.8 Å². The highest BCUT2D eigenvalue weighted by Gasteiger charge is 2.60. The van der Waals surface area contributed by atoms with E-state index in [0.717, 1.165) is 5.69 Å². The van der Waals surface area contributed by atoms with Crippen LogP contribution in [-0.2, 0) is 4.79 Å². The van der Waals surface area contributed by atoms with Crippen LogP contribution in [0.5, 0.6) is 0 Å². The molecule has 2 rings (SSSR count). The first kappa shape index (κ1) is 18.3. The van der Waals surface area contributed by atoms with Crippen LogP contribution in [0.3, 0.4) is 0 Å². The molecule has 8 heteroatoms. The van der Waals surface area contributed by atoms with Crippen molar-refractivity contribution >= 4 is 63.7 Å². The van der Waals surface area contributed by atoms with E-state index in [1.165, 1.54) is 0 Å². The smallest absolute Gasteiger partial charge is 0.242 e. The molecule has 2 atom stereocenters. The third-order valence-corrected chi connectivity index (χ3v) is 4.61. The van der Waals surface area contributed by atoms with Gasteiger partial charge in [0, 0.05) is 10.7 Å². The van der Waals surface area contributed by atoms with Crippen molar-refractivity contribution in [3.8, 4) is 0 Å². The van der Waals surface area contributed by atoms with Gasteiger partial charge in [0.25, 0.3) is 0 Å². The Kier molecular flexibility index (Phi) is 5.79. The summed E-state index contributed by atoms with van der Waals surface area (Å²) in [4.78, 5) is 12.2. The molecule has 1 aliphatic rings. The molecule has 1 aromatic rings. The van der Waals surface area contributed by atoms with E-state index in [1.807, 2.05) is 13.8 Å². The standard InChI is InChI=1S/C15H16Cl3N3OS/c1-15(2)10(7-11(17)18)12(15)13(22)20-21-14(23)19-9-5-3-8(16)4-6-9/h3-7,10,12H,1-2H3,(H,20,22)(H2,19,21,23). The molecular weight excluding hydrogens is 377 g/mol. The molecule has 1 saturated carbocycles. The van der Waals surface area contributed by atoms with Crippen LogP contribution in [-0.4, -0.2) is 11.0 Å². The summed E-state index contributed by atoms with van der Waals surface area (Å²) < 4.78 is 0.172. The molecule has 3 N–H and O–H groups in total. The van der Waals surface area contributed by atoms with Gasteiger partial charge >= 0.3 is 0 Å². The molecule has 0 aliphatic heterocycles. The molecular formula is C15H16Cl3N3OS. The normalized spacial score (nSPS) is 21.1. The number of benzene rings is 1. The number of carbonyl (C=O) groups excluding carboxylic acids is 1. The molecule has 2 unspecified atom stereocenters. The van der Waals surface area contributed by atoms with Crippen molar-refractivity contribution < 1.29 is 4.79 Å². The predicted octanol–water partition coefficient (Wildman–Crippen LogP) is 4.25. The maximum atomic E-state index is 12.2. The SMILES string of the molecule is CC1(C)C(C=C(Cl)Cl)C1C(=O)NNC(=S)Nc1ccc(Cl)cc1. The molecule has 0 radical (unpaired) electrons. The molecule has 23 heavy (non-hydrogen) atoms. The number of halogens is 3. The number of carbonyl (C=O) groups is 1. The minimum Gasteiger partial charge on any atom is -0.331 e. The van der Waals surface area contributed by atoms with Gasteiger partial charge in [-0.2, -0.15) is 0 Å². The Labute approximate surface area is 155 Å². The number of anilines is 1. The Balaban J connectivity index is 1.84. The average Bonchev–Trinajstić information content (AvgIpc) is 2.99. The van der Waals surface area contributed by atoms with Crippen LogP contribution < -0.4 is 16.2 Å². The quantitative estimate of drug-likeness (QED) is 0.532. The van der Waals surface area contributed by atoms with Crippen LogP contribution in [0, 0.1) is 17.3 Å². The highest BCUT2D eigenvalue weighted by atomic mass is 35.5. The monoisotopic (exact) mass is 391 g/mol. The number of allylic oxidation sites excluding steroid dienone is 1. The van der Waals surface area contributed by atoms with E-state index < -0.39 is 0 Å². The third-order valence-electron chi connectivity index (χ3n) is 3.90. The van der Waals surface area contributed by atoms with E-state index in [-0.39, 0.29) is 32.8 Å². The summed E-state index contributed by atoms with van der Waals surface area (Å²) in [6.45, 7) is 3.97. The zero-order chi connectivity index (χ0) is 17.2. The van der Waals surface area contributed by atoms with Gasteiger partial charge in [0.2, 0.25) is 5.91 Å². The van der Waals surface area contributed by atoms with Crippen molar-refractivity contribution in [2.24, 2.45) is 17.3 Å². The fourth-order valence-electron chi connectivity index (χ4n) is 2.52. The highest BCUT2D eigenvalue weighted by molar-refractivity contribution is 7.80. The van der Waals surface area contributed by atoms with Crippen LogP contribution in [0.2, 0.25) is 5.02 Å². The summed E-state index contributed by atoms with van der Waals surface area (Å²) in [6, 6.07) is 7.05. The van der Waals surface area contributed by atoms with Crippen molar-refractivity contribution in [1.82, 2.24) is 10.9 Å². The van der Waals surface area contributed by atoms with Gasteiger partial charge in [0.15, 0.2) is 5.11 Å². The summed E-state index contributed by atoms with van der Waals surface area (Å²) in [5.74, 6) is -0.362. The zero-order valence-electron chi connectivity index (χ0n) is 12.5. The fourth-order valence-corrected chi connectivity index (χ4v) is 3.08. The molecule has 4 nitrogen and oxygen atoms in total. The van der Waals surface area contributed by atoms with Crippen LogP contribution in [0.4, 0.5) is 5.69 Å². The zero-order valence-corrected chi connectivity index (χ0v) is 15.6. The fraction of sp³-hybridized carbons (Fsp3) is 0.333. The predicted molar refractivity (Wildman–Crippen MR) is 99.5 cm³/mol. The summed E-state index contributed by atoms with van der Waals surface area (Å²) in [5, 5.41) is 3.85. The van der Waals surface area contributed by atoms with Gasteiger partial charge in [0.1, 0.15) is 4.49 Å². The largest absolute Gasteiger partial charge is 0.331 e. The third kappa shape index (κ3) is 4.73. The summed E-state index contributed by atoms with van der Waals surface area (Å²) in [6.07, 6.45) is 1.69. The van der Waals surface area contributed by atoms with E-state index in [1.54, 1.807) is 30.3 Å². The molecule has 1 aliphatic carbocycles. The number of hydrazine groups is 1. The minimum absolute atomic E-state index is 0.00657. The average molecular weight is 393 g/mol. The van der Waals surface area contributed by atoms with Crippen LogP contribution >= 0.6 is 47.0 Å². The van der Waals surface area contributed by atoms with Gasteiger partial charge < -0.3 is 5.32 Å². The summed E-state index contributed by atoms with van der Waals surface area (Å²) in [5.41, 5.74) is 5.86. The Morgan fingerprint density at radius 2 is 1.83 bits per heavy atom. The molecule has 0 spiro atoms. The lowest BCUT2D eigenvalue weighted by atomic mass is 10.1. The number of amides is 1. The molecule has 0 saturated heterocycles. The minimum atomic E-state index is -0.208. The molecule has 1 amide bonds.